The summed E-state index contributed by atoms with van der Waals surface area (Å²) >= 11 is 5.68. The Hall–Kier alpha value is -1.52. The molecule has 0 spiro atoms. The van der Waals surface area contributed by atoms with Gasteiger partial charge in [0.15, 0.2) is 0 Å². The number of hydrogen-bond donors (Lipinski definition) is 0. The van der Waals surface area contributed by atoms with E-state index >= 15 is 0 Å². The summed E-state index contributed by atoms with van der Waals surface area (Å²) in [5, 5.41) is 0.235. The predicted molar refractivity (Wildman–Crippen MR) is 79.4 cm³/mol. The standard InChI is InChI=1S/C15H18ClN3O/c1-15(2,3)10-20-9-12-5-4-6-13(19-12)11-7-17-14(16)18-8-11/h4-8H,9-10H2,1-3H3. The highest BCUT2D eigenvalue weighted by Crippen LogP contribution is 2.17. The number of aromatic nitrogens is 3. The van der Waals surface area contributed by atoms with Crippen LogP contribution in [0, 0.1) is 5.41 Å². The van der Waals surface area contributed by atoms with Crippen LogP contribution in [0.15, 0.2) is 30.6 Å². The molecule has 0 saturated heterocycles. The first-order chi connectivity index (χ1) is 9.44. The van der Waals surface area contributed by atoms with E-state index in [2.05, 4.69) is 35.7 Å². The topological polar surface area (TPSA) is 47.9 Å². The van der Waals surface area contributed by atoms with E-state index < -0.39 is 0 Å². The highest BCUT2D eigenvalue weighted by molar-refractivity contribution is 6.28. The first-order valence-corrected chi connectivity index (χ1v) is 6.83. The molecule has 106 valence electrons. The van der Waals surface area contributed by atoms with Crippen LogP contribution in [0.1, 0.15) is 26.5 Å². The third-order valence-corrected chi connectivity index (χ3v) is 2.70. The van der Waals surface area contributed by atoms with Gasteiger partial charge < -0.3 is 4.74 Å². The fourth-order valence-corrected chi connectivity index (χ4v) is 1.72. The van der Waals surface area contributed by atoms with Crippen LogP contribution >= 0.6 is 11.6 Å². The lowest BCUT2D eigenvalue weighted by Gasteiger charge is -2.17. The Kier molecular flexibility index (Phi) is 4.68. The van der Waals surface area contributed by atoms with E-state index in [0.29, 0.717) is 13.2 Å². The fraction of sp³-hybridized carbons (Fsp3) is 0.400. The molecule has 0 atom stereocenters. The second-order valence-electron chi connectivity index (χ2n) is 5.81. The van der Waals surface area contributed by atoms with Crippen molar-refractivity contribution in [2.45, 2.75) is 27.4 Å². The molecule has 2 aromatic rings. The first kappa shape index (κ1) is 14.9. The van der Waals surface area contributed by atoms with Crippen molar-refractivity contribution in [3.05, 3.63) is 41.6 Å². The van der Waals surface area contributed by atoms with Gasteiger partial charge in [-0.2, -0.15) is 0 Å². The van der Waals surface area contributed by atoms with Crippen molar-refractivity contribution in [1.29, 1.82) is 0 Å². The van der Waals surface area contributed by atoms with Crippen LogP contribution < -0.4 is 0 Å². The maximum atomic E-state index is 5.68. The van der Waals surface area contributed by atoms with Crippen LogP contribution in [-0.2, 0) is 11.3 Å². The molecule has 0 aromatic carbocycles. The van der Waals surface area contributed by atoms with E-state index in [0.717, 1.165) is 17.0 Å². The highest BCUT2D eigenvalue weighted by Gasteiger charge is 2.10. The van der Waals surface area contributed by atoms with Crippen molar-refractivity contribution in [2.24, 2.45) is 5.41 Å². The highest BCUT2D eigenvalue weighted by atomic mass is 35.5. The van der Waals surface area contributed by atoms with Crippen LogP contribution in [0.3, 0.4) is 0 Å². The molecule has 0 fully saturated rings. The molecule has 0 saturated carbocycles. The van der Waals surface area contributed by atoms with Crippen molar-refractivity contribution in [2.75, 3.05) is 6.61 Å². The predicted octanol–water partition coefficient (Wildman–Crippen LogP) is 3.75. The summed E-state index contributed by atoms with van der Waals surface area (Å²) < 4.78 is 5.68. The van der Waals surface area contributed by atoms with E-state index in [1.165, 1.54) is 0 Å². The zero-order chi connectivity index (χ0) is 14.6. The van der Waals surface area contributed by atoms with E-state index in [4.69, 9.17) is 16.3 Å². The normalized spacial score (nSPS) is 11.6. The molecule has 0 bridgehead atoms. The Morgan fingerprint density at radius 1 is 1.15 bits per heavy atom. The minimum absolute atomic E-state index is 0.154. The van der Waals surface area contributed by atoms with Crippen molar-refractivity contribution >= 4 is 11.6 Å². The molecule has 2 heterocycles. The molecule has 5 heteroatoms. The SMILES string of the molecule is CC(C)(C)COCc1cccc(-c2cnc(Cl)nc2)n1. The zero-order valence-corrected chi connectivity index (χ0v) is 12.7. The van der Waals surface area contributed by atoms with Gasteiger partial charge in [0.2, 0.25) is 5.28 Å². The van der Waals surface area contributed by atoms with Gasteiger partial charge in [0.25, 0.3) is 0 Å². The Morgan fingerprint density at radius 2 is 1.85 bits per heavy atom. The van der Waals surface area contributed by atoms with E-state index in [1.807, 2.05) is 18.2 Å². The summed E-state index contributed by atoms with van der Waals surface area (Å²) in [4.78, 5) is 12.5. The average Bonchev–Trinajstić information content (AvgIpc) is 2.38. The maximum Gasteiger partial charge on any atom is 0.222 e. The Morgan fingerprint density at radius 3 is 2.50 bits per heavy atom. The molecular weight excluding hydrogens is 274 g/mol. The summed E-state index contributed by atoms with van der Waals surface area (Å²) in [5.74, 6) is 0. The molecule has 0 aliphatic heterocycles. The van der Waals surface area contributed by atoms with Crippen LogP contribution in [0.4, 0.5) is 0 Å². The number of nitrogens with zero attached hydrogens (tertiary/aromatic N) is 3. The second-order valence-corrected chi connectivity index (χ2v) is 6.15. The van der Waals surface area contributed by atoms with Gasteiger partial charge >= 0.3 is 0 Å². The number of rotatable bonds is 4. The quantitative estimate of drug-likeness (QED) is 0.805. The third-order valence-electron chi connectivity index (χ3n) is 2.51. The number of pyridine rings is 1. The molecular formula is C15H18ClN3O. The monoisotopic (exact) mass is 291 g/mol. The Bertz CT molecular complexity index is 564. The number of hydrogen-bond acceptors (Lipinski definition) is 4. The molecule has 4 nitrogen and oxygen atoms in total. The number of ether oxygens (including phenoxy) is 1. The van der Waals surface area contributed by atoms with Crippen molar-refractivity contribution in [1.82, 2.24) is 15.0 Å². The first-order valence-electron chi connectivity index (χ1n) is 6.46. The summed E-state index contributed by atoms with van der Waals surface area (Å²) in [6.07, 6.45) is 3.33. The molecule has 2 aromatic heterocycles. The van der Waals surface area contributed by atoms with Gasteiger partial charge in [-0.25, -0.2) is 9.97 Å². The lowest BCUT2D eigenvalue weighted by atomic mass is 9.99. The van der Waals surface area contributed by atoms with Crippen molar-refractivity contribution in [3.8, 4) is 11.3 Å². The minimum atomic E-state index is 0.154. The maximum absolute atomic E-state index is 5.68. The molecule has 0 aliphatic carbocycles. The van der Waals surface area contributed by atoms with Gasteiger partial charge in [-0.05, 0) is 29.1 Å². The van der Waals surface area contributed by atoms with Gasteiger partial charge in [-0.1, -0.05) is 26.8 Å². The summed E-state index contributed by atoms with van der Waals surface area (Å²) in [6.45, 7) is 7.62. The third kappa shape index (κ3) is 4.54. The van der Waals surface area contributed by atoms with Gasteiger partial charge in [0.05, 0.1) is 24.6 Å². The van der Waals surface area contributed by atoms with Gasteiger partial charge in [-0.3, -0.25) is 4.98 Å². The minimum Gasteiger partial charge on any atom is -0.375 e. The van der Waals surface area contributed by atoms with Gasteiger partial charge in [0, 0.05) is 18.0 Å². The molecule has 20 heavy (non-hydrogen) atoms. The molecule has 0 amide bonds. The fourth-order valence-electron chi connectivity index (χ4n) is 1.63. The second kappa shape index (κ2) is 6.29. The Labute approximate surface area is 124 Å². The van der Waals surface area contributed by atoms with E-state index in [1.54, 1.807) is 12.4 Å². The van der Waals surface area contributed by atoms with Crippen LogP contribution in [0.2, 0.25) is 5.28 Å². The lowest BCUT2D eigenvalue weighted by Crippen LogP contribution is -2.14. The lowest BCUT2D eigenvalue weighted by molar-refractivity contribution is 0.0581. The van der Waals surface area contributed by atoms with E-state index in [-0.39, 0.29) is 10.7 Å². The molecule has 0 aliphatic rings. The zero-order valence-electron chi connectivity index (χ0n) is 11.9. The smallest absolute Gasteiger partial charge is 0.222 e. The molecule has 0 unspecified atom stereocenters. The van der Waals surface area contributed by atoms with Crippen LogP contribution in [-0.4, -0.2) is 21.6 Å². The van der Waals surface area contributed by atoms with Crippen LogP contribution in [0.5, 0.6) is 0 Å². The van der Waals surface area contributed by atoms with Crippen molar-refractivity contribution in [3.63, 3.8) is 0 Å². The van der Waals surface area contributed by atoms with Crippen LogP contribution in [0.25, 0.3) is 11.3 Å². The average molecular weight is 292 g/mol. The molecule has 0 radical (unpaired) electrons. The van der Waals surface area contributed by atoms with E-state index in [9.17, 15) is 0 Å². The summed E-state index contributed by atoms with van der Waals surface area (Å²) in [7, 11) is 0. The molecule has 0 N–H and O–H groups in total. The van der Waals surface area contributed by atoms with Gasteiger partial charge in [0.1, 0.15) is 0 Å². The summed E-state index contributed by atoms with van der Waals surface area (Å²) in [6, 6.07) is 5.81. The van der Waals surface area contributed by atoms with Gasteiger partial charge in [-0.15, -0.1) is 0 Å². The largest absolute Gasteiger partial charge is 0.375 e. The van der Waals surface area contributed by atoms with Crippen molar-refractivity contribution < 1.29 is 4.74 Å². The Balaban J connectivity index is 2.06. The molecule has 2 rings (SSSR count). The summed E-state index contributed by atoms with van der Waals surface area (Å²) in [5.41, 5.74) is 2.70. The number of halogens is 1.